The maximum Gasteiger partial charge on any atom is 0.330 e. The molecule has 11 bridgehead atoms. The van der Waals surface area contributed by atoms with E-state index in [0.717, 1.165) is 42.5 Å². The minimum absolute atomic E-state index is 0. The first-order chi connectivity index (χ1) is 54.3. The first kappa shape index (κ1) is 94.0. The third-order valence-corrected chi connectivity index (χ3v) is 20.2. The third kappa shape index (κ3) is 21.3. The smallest absolute Gasteiger partial charge is 0.330 e. The second-order valence-corrected chi connectivity index (χ2v) is 29.5. The van der Waals surface area contributed by atoms with Crippen molar-refractivity contribution in [1.82, 2.24) is 43.4 Å². The molecule has 8 aliphatic rings. The van der Waals surface area contributed by atoms with Crippen LogP contribution in [0.5, 0.6) is 46.0 Å². The Hall–Kier alpha value is -10.1. The van der Waals surface area contributed by atoms with Gasteiger partial charge < -0.3 is 150 Å². The molecular weight excluding hydrogens is 1620 g/mol. The predicted molar refractivity (Wildman–Crippen MR) is 397 cm³/mol. The van der Waals surface area contributed by atoms with Gasteiger partial charge in [0.15, 0.2) is 36.2 Å². The molecule has 8 heterocycles. The molecule has 22 atom stereocenters. The molecule has 117 heavy (non-hydrogen) atoms. The number of carbonyl (C=O) groups is 8. The Bertz CT molecular complexity index is 4520. The average Bonchev–Trinajstić information content (AvgIpc) is 0.764. The number of carbonyl (C=O) groups excluding carboxylic acids is 7. The van der Waals surface area contributed by atoms with E-state index in [0.29, 0.717) is 0 Å². The van der Waals surface area contributed by atoms with Crippen LogP contribution in [0, 0.1) is 35.2 Å². The Morgan fingerprint density at radius 3 is 1.88 bits per heavy atom. The van der Waals surface area contributed by atoms with Crippen molar-refractivity contribution in [3.8, 4) is 57.1 Å². The standard InChI is InChI=1S/C74H91N10O26.HN3.N2.H3N.Y/c1-28(2)17-40(78-8)65(95)83-55-57(90)32-9-13-37(14-10-32)105-45-20-35-21-46(61(45)110-72-62(59(92)58(91)47(27-85)107-72)109-50-26-74(7,77)64(94)31(5)104-50)106-44-16-12-34(18-29(44)3)60(108-49-25-73(6,76)63(93)30(4)103-49)56-70(100)82-54(71(101)102)39-22-36(86)23-43(88)51(39)38-19-33(11-15-42(38)87)52(67(97)84-56)81-68(98)53(35)80-66(96)41(24-48(75)89)79-69(55)99;1-3-2;1-2;;/h9-13,15-16,18-23,28,30-31,40-41,47,49-50,52-60,62-64,72,78,85-88,90-94H,17,24-27,76-77H2,1-8H3,(H2,75,89)(H,79,99)(H,80,96)(H,81,98)(H,82,100)(H,83,95)(H,84,97)(H,101,102);1H;;1H3;/q-1;;;;/t30-,31-,40+,41-,47+,49-,50-,52+,53+,54-,55+,56-,57+,58+,59-,60+,62+,63-,64-,72-,73-,74-;;;;/m0..../s1. The number of carboxylic acid groups (broad SMARTS) is 1. The monoisotopic (exact) mass is 1710 g/mol. The van der Waals surface area contributed by atoms with Gasteiger partial charge in [-0.2, -0.15) is 12.1 Å². The Labute approximate surface area is 693 Å². The van der Waals surface area contributed by atoms with Crippen LogP contribution in [0.25, 0.3) is 21.6 Å². The number of likely N-dealkylation sites (N-methyl/N-ethyl adjacent to an activating group) is 1. The number of rotatable bonds is 15. The Morgan fingerprint density at radius 1 is 0.735 bits per heavy atom. The minimum Gasteiger partial charge on any atom is -0.508 e. The van der Waals surface area contributed by atoms with E-state index in [1.807, 2.05) is 13.8 Å². The molecule has 13 rings (SSSR count). The summed E-state index contributed by atoms with van der Waals surface area (Å²) in [6.45, 7) is 10.2. The number of hydrogen-bond acceptors (Lipinski definition) is 32. The van der Waals surface area contributed by atoms with Crippen LogP contribution in [0.2, 0.25) is 0 Å². The number of phenolic OH excluding ortho intramolecular Hbond substituents is 3. The number of fused-ring (bicyclic) bond motifs is 15. The number of benzene rings is 5. The molecule has 3 saturated heterocycles. The third-order valence-electron chi connectivity index (χ3n) is 20.2. The first-order valence-electron chi connectivity index (χ1n) is 36.1. The second kappa shape index (κ2) is 39.4. The summed E-state index contributed by atoms with van der Waals surface area (Å²) in [6, 6.07) is 3.62. The van der Waals surface area contributed by atoms with Gasteiger partial charge in [-0.05, 0) is 129 Å². The van der Waals surface area contributed by atoms with Gasteiger partial charge in [-0.25, -0.2) is 4.79 Å². The average molecular weight is 1710 g/mol. The predicted octanol–water partition coefficient (Wildman–Crippen LogP) is 0.211. The van der Waals surface area contributed by atoms with Gasteiger partial charge >= 0.3 is 5.97 Å². The number of carboxylic acids is 1. The van der Waals surface area contributed by atoms with E-state index in [2.05, 4.69) is 43.3 Å². The van der Waals surface area contributed by atoms with Crippen molar-refractivity contribution in [2.24, 2.45) is 23.1 Å². The fourth-order valence-electron chi connectivity index (χ4n) is 14.3. The number of nitrogens with one attached hydrogen (secondary N) is 8. The Kier molecular flexibility index (Phi) is 31.7. The quantitative estimate of drug-likeness (QED) is 0.0219. The minimum atomic E-state index is -2.32. The van der Waals surface area contributed by atoms with Crippen molar-refractivity contribution < 1.29 is 160 Å². The zero-order valence-corrected chi connectivity index (χ0v) is 67.3. The number of nitrogens with two attached hydrogens (primary N) is 3. The molecule has 0 spiro atoms. The van der Waals surface area contributed by atoms with E-state index in [1.165, 1.54) is 78.1 Å². The Morgan fingerprint density at radius 2 is 1.32 bits per heavy atom. The van der Waals surface area contributed by atoms with Gasteiger partial charge in [0.25, 0.3) is 0 Å². The van der Waals surface area contributed by atoms with E-state index >= 15 is 19.2 Å². The van der Waals surface area contributed by atoms with Crippen molar-refractivity contribution in [3.05, 3.63) is 129 Å². The van der Waals surface area contributed by atoms with Crippen molar-refractivity contribution in [2.75, 3.05) is 13.7 Å². The normalized spacial score (nSPS) is 30.4. The van der Waals surface area contributed by atoms with Crippen LogP contribution in [0.15, 0.2) is 78.9 Å². The van der Waals surface area contributed by atoms with Crippen LogP contribution >= 0.6 is 0 Å². The summed E-state index contributed by atoms with van der Waals surface area (Å²) in [7, 11) is 1.49. The molecule has 0 unspecified atom stereocenters. The van der Waals surface area contributed by atoms with E-state index < -0.39 is 250 Å². The molecule has 0 aromatic heterocycles. The number of hydrogen-bond donors (Lipinski definition) is 22. The summed E-state index contributed by atoms with van der Waals surface area (Å²) in [5, 5.41) is 144. The molecule has 0 aliphatic carbocycles. The number of primary amides is 1. The molecular formula is C74H95N16O26Y-. The van der Waals surface area contributed by atoms with Crippen LogP contribution in [0.4, 0.5) is 0 Å². The van der Waals surface area contributed by atoms with Gasteiger partial charge in [0.1, 0.15) is 77.6 Å². The number of aryl methyl sites for hydroxylation is 1. The van der Waals surface area contributed by atoms with Crippen LogP contribution in [0.3, 0.4) is 0 Å². The largest absolute Gasteiger partial charge is 0.508 e. The fourth-order valence-corrected chi connectivity index (χ4v) is 14.3. The number of amides is 7. The van der Waals surface area contributed by atoms with Crippen molar-refractivity contribution in [1.29, 1.82) is 16.3 Å². The molecule has 5 aromatic rings. The number of ether oxygens (including phenoxy) is 8. The van der Waals surface area contributed by atoms with E-state index in [9.17, 15) is 70.2 Å². The number of aliphatic carboxylic acids is 1. The van der Waals surface area contributed by atoms with Crippen molar-refractivity contribution in [2.45, 2.75) is 207 Å². The van der Waals surface area contributed by atoms with Crippen LogP contribution in [-0.2, 0) is 94.7 Å². The molecule has 631 valence electrons. The van der Waals surface area contributed by atoms with Gasteiger partial charge in [-0.15, -0.1) is 23.2 Å². The molecule has 43 heteroatoms. The molecule has 27 N–H and O–H groups in total. The SMILES string of the molecule is CN[C@H](CC(C)C)C(=O)N[C@H]1C(=O)N[C@@H](CC(N)=O)C(=O)N[C@H]2C(=O)N[C@H]3C(=O)N[C@H](C(=O)N[C@H](C(=O)O)c4cc(O)cc(O)c4-c4cc3ccc4O)[C@H](O[C@H]3C[C@](C)(N)[C@@H](O)[C@H](C)O3)c3ccc(c(C)c3)Oc3cc2cc(c3O[C@@H]2O[C@H](CO)[C@@H](O)[C@H](O)[C@H]2O[C@H]2C[C@](C)(N)[C@@H](O)[C@H](C)O2)Oc2[c-]cc(cc2)[C@H]1O.N.N#N.[N-]=[N+]=N.[Y]. The molecule has 42 nitrogen and oxygen atoms in total. The summed E-state index contributed by atoms with van der Waals surface area (Å²) in [5.74, 6) is -15.1. The number of nitrogens with zero attached hydrogens (tertiary/aromatic N) is 4. The summed E-state index contributed by atoms with van der Waals surface area (Å²) < 4.78 is 51.9. The maximum absolute atomic E-state index is 16.4. The zero-order valence-electron chi connectivity index (χ0n) is 64.5. The zero-order chi connectivity index (χ0) is 84.7. The molecule has 5 aromatic carbocycles. The van der Waals surface area contributed by atoms with Crippen LogP contribution < -0.4 is 74.8 Å². The van der Waals surface area contributed by atoms with Crippen LogP contribution in [0.1, 0.15) is 131 Å². The van der Waals surface area contributed by atoms with Crippen LogP contribution in [-0.4, -0.2) is 215 Å². The number of aliphatic hydroxyl groups excluding tert-OH is 6. The van der Waals surface area contributed by atoms with E-state index in [1.54, 1.807) is 4.91 Å². The maximum atomic E-state index is 16.4. The number of aromatic hydroxyl groups is 3. The summed E-state index contributed by atoms with van der Waals surface area (Å²) >= 11 is 0. The molecule has 8 aliphatic heterocycles. The van der Waals surface area contributed by atoms with E-state index in [-0.39, 0.29) is 97.8 Å². The van der Waals surface area contributed by atoms with Gasteiger partial charge in [-0.3, -0.25) is 33.6 Å². The number of aliphatic hydroxyl groups is 6. The second-order valence-electron chi connectivity index (χ2n) is 29.5. The van der Waals surface area contributed by atoms with Gasteiger partial charge in [0.05, 0.1) is 49.6 Å². The summed E-state index contributed by atoms with van der Waals surface area (Å²) in [5.41, 5.74) is 26.2. The summed E-state index contributed by atoms with van der Waals surface area (Å²) in [4.78, 5) is 121. The molecule has 3 fully saturated rings. The Balaban J connectivity index is 0.00000264. The molecule has 0 saturated carbocycles. The topological polar surface area (TPSA) is 718 Å². The van der Waals surface area contributed by atoms with E-state index in [4.69, 9.17) is 76.9 Å². The van der Waals surface area contributed by atoms with Gasteiger partial charge in [0.2, 0.25) is 53.4 Å². The molecule has 1 radical (unpaired) electrons. The van der Waals surface area contributed by atoms with Gasteiger partial charge in [0, 0.05) is 95.9 Å². The first-order valence-corrected chi connectivity index (χ1v) is 36.1. The number of phenols is 3. The van der Waals surface area contributed by atoms with Crippen molar-refractivity contribution in [3.63, 3.8) is 0 Å². The summed E-state index contributed by atoms with van der Waals surface area (Å²) in [6.07, 6.45) is -22.1. The molecule has 7 amide bonds. The van der Waals surface area contributed by atoms with Crippen molar-refractivity contribution >= 4 is 47.3 Å². The van der Waals surface area contributed by atoms with Gasteiger partial charge in [-0.1, -0.05) is 26.0 Å². The fraction of sp³-hybridized carbons (Fsp3) is 0.486.